The number of rotatable bonds is 6. The summed E-state index contributed by atoms with van der Waals surface area (Å²) in [5.74, 6) is -1.25. The van der Waals surface area contributed by atoms with Gasteiger partial charge < -0.3 is 19.3 Å². The smallest absolute Gasteiger partial charge is 0.410 e. The number of pyridine rings is 1. The molecule has 0 unspecified atom stereocenters. The van der Waals surface area contributed by atoms with E-state index in [0.29, 0.717) is 54.1 Å². The van der Waals surface area contributed by atoms with Gasteiger partial charge in [0.15, 0.2) is 5.82 Å². The normalized spacial score (nSPS) is 18.0. The first-order chi connectivity index (χ1) is 18.5. The number of aryl methyl sites for hydroxylation is 2. The molecule has 7 nitrogen and oxygen atoms in total. The van der Waals surface area contributed by atoms with E-state index in [2.05, 4.69) is 4.57 Å². The molecule has 5 rings (SSSR count). The Labute approximate surface area is 229 Å². The maximum atomic E-state index is 16.6. The molecule has 1 saturated carbocycles. The standard InChI is InChI=1S/C31H38FN3O4/c1-6-25-22(12-9-18(2)33-25)23-14-21(29(36)37)15-24-26(32)27(35(28(23)24)16-19-10-11-19)20-8-7-13-34(17-20)30(38)39-31(3,4)5/h9,12,14-15,19-20H,6-8,10-11,13,16-17H2,1-5H3,(H,36,37)/t20-/m1/s1. The maximum Gasteiger partial charge on any atom is 0.410 e. The number of aromatic carboxylic acids is 1. The third-order valence-electron chi connectivity index (χ3n) is 7.71. The Balaban J connectivity index is 1.70. The van der Waals surface area contributed by atoms with Gasteiger partial charge in [-0.25, -0.2) is 14.0 Å². The lowest BCUT2D eigenvalue weighted by Crippen LogP contribution is -2.42. The van der Waals surface area contributed by atoms with Gasteiger partial charge in [0.2, 0.25) is 0 Å². The molecule has 0 spiro atoms. The number of carboxylic acid groups (broad SMARTS) is 1. The number of hydrogen-bond donors (Lipinski definition) is 1. The number of likely N-dealkylation sites (tertiary alicyclic amines) is 1. The molecule has 208 valence electrons. The molecule has 0 radical (unpaired) electrons. The highest BCUT2D eigenvalue weighted by molar-refractivity contribution is 6.02. The lowest BCUT2D eigenvalue weighted by molar-refractivity contribution is 0.0194. The van der Waals surface area contributed by atoms with E-state index in [1.807, 2.05) is 46.8 Å². The van der Waals surface area contributed by atoms with E-state index in [1.165, 1.54) is 6.07 Å². The van der Waals surface area contributed by atoms with E-state index in [1.54, 1.807) is 11.0 Å². The quantitative estimate of drug-likeness (QED) is 0.370. The number of amides is 1. The average molecular weight is 536 g/mol. The summed E-state index contributed by atoms with van der Waals surface area (Å²) in [6, 6.07) is 7.01. The van der Waals surface area contributed by atoms with Crippen molar-refractivity contribution in [3.63, 3.8) is 0 Å². The van der Waals surface area contributed by atoms with E-state index in [4.69, 9.17) is 9.72 Å². The van der Waals surface area contributed by atoms with E-state index >= 15 is 4.39 Å². The van der Waals surface area contributed by atoms with Gasteiger partial charge in [-0.2, -0.15) is 0 Å². The van der Waals surface area contributed by atoms with Gasteiger partial charge in [0, 0.05) is 53.5 Å². The Bertz CT molecular complexity index is 1430. The lowest BCUT2D eigenvalue weighted by atomic mass is 9.94. The first-order valence-electron chi connectivity index (χ1n) is 14.0. The summed E-state index contributed by atoms with van der Waals surface area (Å²) < 4.78 is 24.3. The summed E-state index contributed by atoms with van der Waals surface area (Å²) in [4.78, 5) is 31.5. The molecule has 2 fully saturated rings. The number of halogens is 1. The Morgan fingerprint density at radius 1 is 1.15 bits per heavy atom. The van der Waals surface area contributed by atoms with Crippen LogP contribution in [0.3, 0.4) is 0 Å². The van der Waals surface area contributed by atoms with Crippen molar-refractivity contribution < 1.29 is 23.8 Å². The van der Waals surface area contributed by atoms with Crippen LogP contribution >= 0.6 is 0 Å². The average Bonchev–Trinajstić information content (AvgIpc) is 3.66. The van der Waals surface area contributed by atoms with E-state index in [-0.39, 0.29) is 23.4 Å². The van der Waals surface area contributed by atoms with E-state index < -0.39 is 11.6 Å². The molecular weight excluding hydrogens is 497 g/mol. The summed E-state index contributed by atoms with van der Waals surface area (Å²) in [6.45, 7) is 11.1. The Kier molecular flexibility index (Phi) is 7.16. The molecule has 3 heterocycles. The predicted octanol–water partition coefficient (Wildman–Crippen LogP) is 6.94. The van der Waals surface area contributed by atoms with Gasteiger partial charge in [0.25, 0.3) is 0 Å². The number of benzene rings is 1. The second-order valence-corrected chi connectivity index (χ2v) is 12.0. The number of fused-ring (bicyclic) bond motifs is 1. The van der Waals surface area contributed by atoms with Crippen molar-refractivity contribution in [1.29, 1.82) is 0 Å². The summed E-state index contributed by atoms with van der Waals surface area (Å²) in [7, 11) is 0. The molecule has 0 bridgehead atoms. The SMILES string of the molecule is CCc1nc(C)ccc1-c1cc(C(=O)O)cc2c(F)c([C@@H]3CCCN(C(=O)OC(C)(C)C)C3)n(CC3CC3)c12. The van der Waals surface area contributed by atoms with Crippen LogP contribution in [0.25, 0.3) is 22.0 Å². The Hall–Kier alpha value is -3.42. The minimum atomic E-state index is -1.10. The van der Waals surface area contributed by atoms with Crippen LogP contribution in [0.5, 0.6) is 0 Å². The van der Waals surface area contributed by atoms with Gasteiger partial charge in [-0.15, -0.1) is 0 Å². The molecule has 3 aromatic rings. The number of hydrogen-bond acceptors (Lipinski definition) is 4. The molecule has 8 heteroatoms. The minimum absolute atomic E-state index is 0.0492. The number of aromatic nitrogens is 2. The van der Waals surface area contributed by atoms with Crippen molar-refractivity contribution >= 4 is 23.0 Å². The number of carbonyl (C=O) groups is 2. The highest BCUT2D eigenvalue weighted by atomic mass is 19.1. The van der Waals surface area contributed by atoms with Gasteiger partial charge in [-0.3, -0.25) is 4.98 Å². The van der Waals surface area contributed by atoms with Crippen LogP contribution < -0.4 is 0 Å². The predicted molar refractivity (Wildman–Crippen MR) is 149 cm³/mol. The van der Waals surface area contributed by atoms with Crippen molar-refractivity contribution in [2.24, 2.45) is 5.92 Å². The van der Waals surface area contributed by atoms with Gasteiger partial charge in [0.1, 0.15) is 5.60 Å². The van der Waals surface area contributed by atoms with Crippen molar-refractivity contribution in [2.45, 2.75) is 84.8 Å². The van der Waals surface area contributed by atoms with Crippen LogP contribution in [0.15, 0.2) is 24.3 Å². The van der Waals surface area contributed by atoms with Crippen molar-refractivity contribution in [2.75, 3.05) is 13.1 Å². The summed E-state index contributed by atoms with van der Waals surface area (Å²) in [5.41, 5.74) is 3.97. The minimum Gasteiger partial charge on any atom is -0.478 e. The lowest BCUT2D eigenvalue weighted by Gasteiger charge is -2.34. The Morgan fingerprint density at radius 2 is 1.90 bits per heavy atom. The maximum absolute atomic E-state index is 16.6. The summed E-state index contributed by atoms with van der Waals surface area (Å²) >= 11 is 0. The second kappa shape index (κ2) is 10.3. The van der Waals surface area contributed by atoms with Crippen LogP contribution in [-0.2, 0) is 17.7 Å². The zero-order chi connectivity index (χ0) is 28.1. The largest absolute Gasteiger partial charge is 0.478 e. The number of nitrogens with zero attached hydrogens (tertiary/aromatic N) is 3. The highest BCUT2D eigenvalue weighted by Gasteiger charge is 2.35. The first-order valence-corrected chi connectivity index (χ1v) is 14.0. The molecule has 2 aromatic heterocycles. The summed E-state index contributed by atoms with van der Waals surface area (Å²) in [6.07, 6.45) is 3.94. The van der Waals surface area contributed by atoms with E-state index in [9.17, 15) is 14.7 Å². The number of carboxylic acids is 1. The van der Waals surface area contributed by atoms with Gasteiger partial charge in [0.05, 0.1) is 16.8 Å². The van der Waals surface area contributed by atoms with Crippen LogP contribution in [0, 0.1) is 18.7 Å². The molecule has 1 aliphatic carbocycles. The highest BCUT2D eigenvalue weighted by Crippen LogP contribution is 2.43. The number of carbonyl (C=O) groups excluding carboxylic acids is 1. The number of ether oxygens (including phenoxy) is 1. The fourth-order valence-electron chi connectivity index (χ4n) is 5.76. The van der Waals surface area contributed by atoms with Crippen LogP contribution in [0.2, 0.25) is 0 Å². The van der Waals surface area contributed by atoms with E-state index in [0.717, 1.165) is 42.6 Å². The van der Waals surface area contributed by atoms with Crippen molar-refractivity contribution in [3.8, 4) is 11.1 Å². The molecule has 2 aliphatic rings. The van der Waals surface area contributed by atoms with Crippen LogP contribution in [-0.4, -0.2) is 50.3 Å². The van der Waals surface area contributed by atoms with Crippen LogP contribution in [0.4, 0.5) is 9.18 Å². The van der Waals surface area contributed by atoms with Crippen molar-refractivity contribution in [1.82, 2.24) is 14.5 Å². The molecule has 1 aromatic carbocycles. The fourth-order valence-corrected chi connectivity index (χ4v) is 5.76. The van der Waals surface area contributed by atoms with Crippen molar-refractivity contribution in [3.05, 3.63) is 52.7 Å². The third-order valence-corrected chi connectivity index (χ3v) is 7.71. The molecule has 1 amide bonds. The van der Waals surface area contributed by atoms with Gasteiger partial charge in [-0.1, -0.05) is 13.0 Å². The molecular formula is C31H38FN3O4. The topological polar surface area (TPSA) is 84.7 Å². The Morgan fingerprint density at radius 3 is 2.54 bits per heavy atom. The molecule has 1 aliphatic heterocycles. The molecule has 1 N–H and O–H groups in total. The third kappa shape index (κ3) is 5.52. The monoisotopic (exact) mass is 535 g/mol. The first kappa shape index (κ1) is 27.2. The molecule has 1 atom stereocenters. The molecule has 1 saturated heterocycles. The molecule has 39 heavy (non-hydrogen) atoms. The number of piperidine rings is 1. The summed E-state index contributed by atoms with van der Waals surface area (Å²) in [5, 5.41) is 10.3. The van der Waals surface area contributed by atoms with Gasteiger partial charge >= 0.3 is 12.1 Å². The second-order valence-electron chi connectivity index (χ2n) is 12.0. The van der Waals surface area contributed by atoms with Crippen LogP contribution in [0.1, 0.15) is 86.7 Å². The fraction of sp³-hybridized carbons (Fsp3) is 0.516. The zero-order valence-electron chi connectivity index (χ0n) is 23.5. The zero-order valence-corrected chi connectivity index (χ0v) is 23.5. The van der Waals surface area contributed by atoms with Gasteiger partial charge in [-0.05, 0) is 83.9 Å².